The zero-order valence-electron chi connectivity index (χ0n) is 15.0. The number of amides is 2. The zero-order valence-corrected chi connectivity index (χ0v) is 15.0. The number of ether oxygens (including phenoxy) is 1. The molecule has 28 heavy (non-hydrogen) atoms. The Bertz CT molecular complexity index is 1050. The number of aromatic nitrogens is 2. The summed E-state index contributed by atoms with van der Waals surface area (Å²) in [6.07, 6.45) is 3.40. The van der Waals surface area contributed by atoms with Crippen molar-refractivity contribution in [1.82, 2.24) is 14.9 Å². The van der Waals surface area contributed by atoms with Crippen molar-refractivity contribution in [3.05, 3.63) is 77.6 Å². The van der Waals surface area contributed by atoms with Crippen LogP contribution in [0.1, 0.15) is 27.8 Å². The molecular formula is C20H17FN4O3. The third-order valence-corrected chi connectivity index (χ3v) is 4.47. The van der Waals surface area contributed by atoms with Gasteiger partial charge in [-0.15, -0.1) is 0 Å². The molecule has 1 aromatic heterocycles. The van der Waals surface area contributed by atoms with Crippen molar-refractivity contribution in [2.45, 2.75) is 6.04 Å². The Hall–Kier alpha value is -3.68. The average molecular weight is 380 g/mol. The minimum absolute atomic E-state index is 0.0937. The molecule has 0 saturated carbocycles. The minimum Gasteiger partial charge on any atom is -0.482 e. The fourth-order valence-corrected chi connectivity index (χ4v) is 3.04. The number of hydrogen-bond acceptors (Lipinski definition) is 4. The van der Waals surface area contributed by atoms with E-state index in [1.807, 2.05) is 7.05 Å². The SMILES string of the molecule is Cn1ccnc1[C@@H](NC(=O)c1ccc2c(c1)OCC(=O)N2)c1ccc(F)cc1. The van der Waals surface area contributed by atoms with E-state index in [1.165, 1.54) is 12.1 Å². The second kappa shape index (κ2) is 7.15. The van der Waals surface area contributed by atoms with Gasteiger partial charge in [0.1, 0.15) is 23.4 Å². The molecule has 2 aromatic carbocycles. The molecule has 1 aliphatic rings. The average Bonchev–Trinajstić information content (AvgIpc) is 3.12. The molecule has 8 heteroatoms. The quantitative estimate of drug-likeness (QED) is 0.728. The number of hydrogen-bond donors (Lipinski definition) is 2. The van der Waals surface area contributed by atoms with Crippen molar-refractivity contribution >= 4 is 17.5 Å². The Morgan fingerprint density at radius 2 is 2.07 bits per heavy atom. The predicted molar refractivity (Wildman–Crippen MR) is 99.5 cm³/mol. The van der Waals surface area contributed by atoms with E-state index in [2.05, 4.69) is 15.6 Å². The molecule has 2 heterocycles. The zero-order chi connectivity index (χ0) is 19.7. The highest BCUT2D eigenvalue weighted by atomic mass is 19.1. The van der Waals surface area contributed by atoms with Gasteiger partial charge in [-0.2, -0.15) is 0 Å². The molecule has 0 unspecified atom stereocenters. The Labute approximate surface area is 160 Å². The second-order valence-corrected chi connectivity index (χ2v) is 6.40. The summed E-state index contributed by atoms with van der Waals surface area (Å²) in [5.41, 5.74) is 1.59. The third-order valence-electron chi connectivity index (χ3n) is 4.47. The lowest BCUT2D eigenvalue weighted by Gasteiger charge is -2.21. The van der Waals surface area contributed by atoms with Gasteiger partial charge in [-0.25, -0.2) is 9.37 Å². The van der Waals surface area contributed by atoms with E-state index < -0.39 is 6.04 Å². The molecule has 4 rings (SSSR count). The number of halogens is 1. The van der Waals surface area contributed by atoms with Crippen molar-refractivity contribution in [2.24, 2.45) is 7.05 Å². The standard InChI is InChI=1S/C20H17FN4O3/c1-25-9-8-22-19(25)18(12-2-5-14(21)6-3-12)24-20(27)13-4-7-15-16(10-13)28-11-17(26)23-15/h2-10,18H,11H2,1H3,(H,23,26)(H,24,27)/t18-/m0/s1. The number of fused-ring (bicyclic) bond motifs is 1. The van der Waals surface area contributed by atoms with E-state index in [0.717, 1.165) is 0 Å². The molecule has 1 atom stereocenters. The maximum absolute atomic E-state index is 13.3. The molecule has 0 radical (unpaired) electrons. The van der Waals surface area contributed by atoms with Crippen LogP contribution in [-0.2, 0) is 11.8 Å². The number of aryl methyl sites for hydroxylation is 1. The second-order valence-electron chi connectivity index (χ2n) is 6.40. The molecule has 2 amide bonds. The topological polar surface area (TPSA) is 85.2 Å². The van der Waals surface area contributed by atoms with Gasteiger partial charge in [-0.3, -0.25) is 9.59 Å². The molecule has 1 aliphatic heterocycles. The molecule has 7 nitrogen and oxygen atoms in total. The summed E-state index contributed by atoms with van der Waals surface area (Å²) in [5.74, 6) is 0.100. The summed E-state index contributed by atoms with van der Waals surface area (Å²) in [6.45, 7) is -0.0937. The summed E-state index contributed by atoms with van der Waals surface area (Å²) in [7, 11) is 1.82. The third kappa shape index (κ3) is 3.44. The lowest BCUT2D eigenvalue weighted by atomic mass is 10.0. The first-order chi connectivity index (χ1) is 13.5. The van der Waals surface area contributed by atoms with E-state index in [1.54, 1.807) is 47.3 Å². The van der Waals surface area contributed by atoms with Crippen LogP contribution in [0.3, 0.4) is 0 Å². The Balaban J connectivity index is 1.63. The minimum atomic E-state index is -0.565. The lowest BCUT2D eigenvalue weighted by Crippen LogP contribution is -2.31. The van der Waals surface area contributed by atoms with Gasteiger partial charge in [0.25, 0.3) is 11.8 Å². The maximum atomic E-state index is 13.3. The Kier molecular flexibility index (Phi) is 4.52. The van der Waals surface area contributed by atoms with E-state index in [4.69, 9.17) is 4.74 Å². The number of imidazole rings is 1. The van der Waals surface area contributed by atoms with E-state index in [-0.39, 0.29) is 24.2 Å². The lowest BCUT2D eigenvalue weighted by molar-refractivity contribution is -0.118. The van der Waals surface area contributed by atoms with Gasteiger partial charge in [-0.05, 0) is 35.9 Å². The van der Waals surface area contributed by atoms with Gasteiger partial charge in [0.15, 0.2) is 6.61 Å². The van der Waals surface area contributed by atoms with Crippen molar-refractivity contribution in [2.75, 3.05) is 11.9 Å². The van der Waals surface area contributed by atoms with E-state index >= 15 is 0 Å². The van der Waals surface area contributed by atoms with Crippen LogP contribution in [0.25, 0.3) is 0 Å². The predicted octanol–water partition coefficient (Wildman–Crippen LogP) is 2.41. The highest BCUT2D eigenvalue weighted by molar-refractivity contribution is 5.99. The van der Waals surface area contributed by atoms with Crippen LogP contribution < -0.4 is 15.4 Å². The van der Waals surface area contributed by atoms with Crippen molar-refractivity contribution in [3.63, 3.8) is 0 Å². The van der Waals surface area contributed by atoms with Crippen LogP contribution in [0, 0.1) is 5.82 Å². The number of nitrogens with zero attached hydrogens (tertiary/aromatic N) is 2. The highest BCUT2D eigenvalue weighted by Crippen LogP contribution is 2.29. The van der Waals surface area contributed by atoms with Crippen molar-refractivity contribution < 1.29 is 18.7 Å². The monoisotopic (exact) mass is 380 g/mol. The van der Waals surface area contributed by atoms with Crippen LogP contribution in [-0.4, -0.2) is 28.0 Å². The summed E-state index contributed by atoms with van der Waals surface area (Å²) in [6, 6.07) is 10.1. The largest absolute Gasteiger partial charge is 0.482 e. The molecular weight excluding hydrogens is 363 g/mol. The molecule has 3 aromatic rings. The van der Waals surface area contributed by atoms with E-state index in [0.29, 0.717) is 28.4 Å². The van der Waals surface area contributed by atoms with Gasteiger partial charge in [0, 0.05) is 25.0 Å². The number of carbonyl (C=O) groups is 2. The first kappa shape index (κ1) is 17.7. The Morgan fingerprint density at radius 3 is 2.79 bits per heavy atom. The maximum Gasteiger partial charge on any atom is 0.262 e. The number of benzene rings is 2. The van der Waals surface area contributed by atoms with Crippen LogP contribution in [0.4, 0.5) is 10.1 Å². The van der Waals surface area contributed by atoms with Gasteiger partial charge in [0.2, 0.25) is 0 Å². The molecule has 2 N–H and O–H groups in total. The van der Waals surface area contributed by atoms with Gasteiger partial charge < -0.3 is 19.9 Å². The molecule has 0 aliphatic carbocycles. The molecule has 0 saturated heterocycles. The van der Waals surface area contributed by atoms with Crippen LogP contribution in [0.5, 0.6) is 5.75 Å². The number of rotatable bonds is 4. The van der Waals surface area contributed by atoms with E-state index in [9.17, 15) is 14.0 Å². The Morgan fingerprint density at radius 1 is 1.29 bits per heavy atom. The number of nitrogens with one attached hydrogen (secondary N) is 2. The van der Waals surface area contributed by atoms with Gasteiger partial charge in [-0.1, -0.05) is 12.1 Å². The van der Waals surface area contributed by atoms with Crippen LogP contribution in [0.15, 0.2) is 54.9 Å². The smallest absolute Gasteiger partial charge is 0.262 e. The first-order valence-electron chi connectivity index (χ1n) is 8.61. The summed E-state index contributed by atoms with van der Waals surface area (Å²) in [4.78, 5) is 28.6. The normalized spacial score (nSPS) is 13.9. The molecule has 0 fully saturated rings. The first-order valence-corrected chi connectivity index (χ1v) is 8.61. The summed E-state index contributed by atoms with van der Waals surface area (Å²) in [5, 5.41) is 5.62. The van der Waals surface area contributed by atoms with Gasteiger partial charge >= 0.3 is 0 Å². The molecule has 0 spiro atoms. The van der Waals surface area contributed by atoms with Crippen LogP contribution in [0.2, 0.25) is 0 Å². The van der Waals surface area contributed by atoms with Crippen molar-refractivity contribution in [3.8, 4) is 5.75 Å². The highest BCUT2D eigenvalue weighted by Gasteiger charge is 2.23. The van der Waals surface area contributed by atoms with Gasteiger partial charge in [0.05, 0.1) is 5.69 Å². The van der Waals surface area contributed by atoms with Crippen molar-refractivity contribution in [1.29, 1.82) is 0 Å². The summed E-state index contributed by atoms with van der Waals surface area (Å²) < 4.78 is 20.5. The molecule has 142 valence electrons. The molecule has 0 bridgehead atoms. The number of carbonyl (C=O) groups excluding carboxylic acids is 2. The fourth-order valence-electron chi connectivity index (χ4n) is 3.04. The summed E-state index contributed by atoms with van der Waals surface area (Å²) >= 11 is 0. The fraction of sp³-hybridized carbons (Fsp3) is 0.150. The number of anilines is 1. The van der Waals surface area contributed by atoms with Crippen LogP contribution >= 0.6 is 0 Å².